The number of hydrogen-bond acceptors (Lipinski definition) is 6. The minimum absolute atomic E-state index is 0.0679. The summed E-state index contributed by atoms with van der Waals surface area (Å²) >= 11 is 1.34. The highest BCUT2D eigenvalue weighted by molar-refractivity contribution is 7.99. The van der Waals surface area contributed by atoms with Crippen LogP contribution in [0.2, 0.25) is 0 Å². The predicted octanol–water partition coefficient (Wildman–Crippen LogP) is 3.23. The van der Waals surface area contributed by atoms with Crippen molar-refractivity contribution in [3.63, 3.8) is 0 Å². The molecule has 9 heteroatoms. The maximum absolute atomic E-state index is 12.8. The minimum Gasteiger partial charge on any atom is -0.459 e. The molecule has 3 heterocycles. The van der Waals surface area contributed by atoms with Gasteiger partial charge in [0.2, 0.25) is 5.91 Å². The summed E-state index contributed by atoms with van der Waals surface area (Å²) in [5, 5.41) is 12.0. The van der Waals surface area contributed by atoms with Crippen LogP contribution >= 0.6 is 11.8 Å². The molecule has 0 fully saturated rings. The van der Waals surface area contributed by atoms with Crippen LogP contribution in [-0.2, 0) is 24.3 Å². The van der Waals surface area contributed by atoms with Crippen molar-refractivity contribution in [1.82, 2.24) is 25.0 Å². The minimum atomic E-state index is -0.399. The number of hydrogen-bond donors (Lipinski definition) is 1. The lowest BCUT2D eigenvalue weighted by Gasteiger charge is -2.28. The molecule has 1 atom stereocenters. The molecule has 8 nitrogen and oxygen atoms in total. The van der Waals surface area contributed by atoms with Crippen molar-refractivity contribution < 1.29 is 14.0 Å². The van der Waals surface area contributed by atoms with E-state index in [4.69, 9.17) is 4.42 Å². The molecule has 0 radical (unpaired) electrons. The fraction of sp³-hybridized carbons (Fsp3) is 0.304. The van der Waals surface area contributed by atoms with E-state index in [2.05, 4.69) is 34.2 Å². The molecule has 0 saturated heterocycles. The van der Waals surface area contributed by atoms with Crippen LogP contribution in [0.25, 0.3) is 0 Å². The van der Waals surface area contributed by atoms with Gasteiger partial charge in [-0.25, -0.2) is 0 Å². The Labute approximate surface area is 190 Å². The summed E-state index contributed by atoms with van der Waals surface area (Å²) in [6, 6.07) is 11.1. The van der Waals surface area contributed by atoms with Gasteiger partial charge < -0.3 is 19.2 Å². The topological polar surface area (TPSA) is 93.3 Å². The summed E-state index contributed by atoms with van der Waals surface area (Å²) in [6.07, 6.45) is 4.06. The maximum Gasteiger partial charge on any atom is 0.287 e. The average Bonchev–Trinajstić information content (AvgIpc) is 3.48. The standard InChI is InChI=1S/C23H25N5O3S/c1-3-11-28-21(16(2)24-22(30)19-9-6-13-31-19)25-26-23(28)32-15-20(29)27-12-10-17-7-4-5-8-18(17)14-27/h3-9,13,16H,1,10-12,14-15H2,2H3,(H,24,30)/t16-/m1/s1. The second-order valence-corrected chi connectivity index (χ2v) is 8.48. The van der Waals surface area contributed by atoms with Crippen molar-refractivity contribution in [3.05, 3.63) is 78.0 Å². The van der Waals surface area contributed by atoms with Gasteiger partial charge >= 0.3 is 0 Å². The van der Waals surface area contributed by atoms with Crippen LogP contribution < -0.4 is 5.32 Å². The van der Waals surface area contributed by atoms with Crippen molar-refractivity contribution in [2.24, 2.45) is 0 Å². The SMILES string of the molecule is C=CCn1c(SCC(=O)N2CCc3ccccc3C2)nnc1[C@@H](C)NC(=O)c1ccco1. The Morgan fingerprint density at radius 2 is 2.06 bits per heavy atom. The van der Waals surface area contributed by atoms with Crippen molar-refractivity contribution >= 4 is 23.6 Å². The molecule has 3 aromatic rings. The molecular weight excluding hydrogens is 426 g/mol. The third-order valence-corrected chi connectivity index (χ3v) is 6.30. The number of allylic oxidation sites excluding steroid dienone is 1. The van der Waals surface area contributed by atoms with Gasteiger partial charge in [0.1, 0.15) is 0 Å². The van der Waals surface area contributed by atoms with Gasteiger partial charge in [-0.05, 0) is 36.6 Å². The molecule has 166 valence electrons. The quantitative estimate of drug-likeness (QED) is 0.418. The van der Waals surface area contributed by atoms with Gasteiger partial charge in [-0.3, -0.25) is 9.59 Å². The Hall–Kier alpha value is -3.33. The number of furan rings is 1. The first kappa shape index (κ1) is 21.9. The Morgan fingerprint density at radius 3 is 2.81 bits per heavy atom. The molecule has 1 N–H and O–H groups in total. The van der Waals surface area contributed by atoms with E-state index >= 15 is 0 Å². The molecule has 2 aromatic heterocycles. The van der Waals surface area contributed by atoms with Gasteiger partial charge in [-0.1, -0.05) is 42.1 Å². The van der Waals surface area contributed by atoms with Crippen molar-refractivity contribution in [3.8, 4) is 0 Å². The van der Waals surface area contributed by atoms with Crippen LogP contribution in [0.1, 0.15) is 40.5 Å². The molecule has 0 spiro atoms. The Bertz CT molecular complexity index is 1110. The van der Waals surface area contributed by atoms with Crippen LogP contribution in [0.5, 0.6) is 0 Å². The van der Waals surface area contributed by atoms with Crippen LogP contribution in [-0.4, -0.2) is 43.8 Å². The van der Waals surface area contributed by atoms with Gasteiger partial charge in [0.05, 0.1) is 18.1 Å². The zero-order valence-corrected chi connectivity index (χ0v) is 18.7. The Kier molecular flexibility index (Phi) is 6.75. The highest BCUT2D eigenvalue weighted by Crippen LogP contribution is 2.23. The van der Waals surface area contributed by atoms with Crippen LogP contribution in [0, 0.1) is 0 Å². The van der Waals surface area contributed by atoms with Crippen molar-refractivity contribution in [1.29, 1.82) is 0 Å². The fourth-order valence-electron chi connectivity index (χ4n) is 3.69. The monoisotopic (exact) mass is 451 g/mol. The molecule has 0 bridgehead atoms. The number of carbonyl (C=O) groups is 2. The van der Waals surface area contributed by atoms with Crippen LogP contribution in [0.15, 0.2) is 64.9 Å². The molecular formula is C23H25N5O3S. The molecule has 2 amide bonds. The summed E-state index contributed by atoms with van der Waals surface area (Å²) in [6.45, 7) is 7.46. The number of fused-ring (bicyclic) bond motifs is 1. The number of benzene rings is 1. The van der Waals surface area contributed by atoms with E-state index in [0.717, 1.165) is 13.0 Å². The number of rotatable bonds is 8. The second-order valence-electron chi connectivity index (χ2n) is 7.54. The van der Waals surface area contributed by atoms with Crippen molar-refractivity contribution in [2.45, 2.75) is 37.6 Å². The van der Waals surface area contributed by atoms with E-state index in [0.29, 0.717) is 24.1 Å². The average molecular weight is 452 g/mol. The number of amides is 2. The lowest BCUT2D eigenvalue weighted by Crippen LogP contribution is -2.37. The van der Waals surface area contributed by atoms with Crippen LogP contribution in [0.4, 0.5) is 0 Å². The largest absolute Gasteiger partial charge is 0.459 e. The zero-order chi connectivity index (χ0) is 22.5. The van der Waals surface area contributed by atoms with E-state index in [9.17, 15) is 9.59 Å². The molecule has 32 heavy (non-hydrogen) atoms. The van der Waals surface area contributed by atoms with E-state index in [1.54, 1.807) is 18.2 Å². The third-order valence-electron chi connectivity index (χ3n) is 5.35. The summed E-state index contributed by atoms with van der Waals surface area (Å²) in [4.78, 5) is 27.0. The second kappa shape index (κ2) is 9.86. The fourth-order valence-corrected chi connectivity index (χ4v) is 4.55. The van der Waals surface area contributed by atoms with E-state index in [1.165, 1.54) is 29.2 Å². The predicted molar refractivity (Wildman–Crippen MR) is 121 cm³/mol. The molecule has 1 aromatic carbocycles. The maximum atomic E-state index is 12.8. The third kappa shape index (κ3) is 4.77. The lowest BCUT2D eigenvalue weighted by molar-refractivity contribution is -0.129. The number of aromatic nitrogens is 3. The van der Waals surface area contributed by atoms with Gasteiger partial charge in [-0.15, -0.1) is 16.8 Å². The van der Waals surface area contributed by atoms with E-state index in [-0.39, 0.29) is 23.3 Å². The smallest absolute Gasteiger partial charge is 0.287 e. The molecule has 0 unspecified atom stereocenters. The van der Waals surface area contributed by atoms with Crippen molar-refractivity contribution in [2.75, 3.05) is 12.3 Å². The first-order valence-electron chi connectivity index (χ1n) is 10.4. The highest BCUT2D eigenvalue weighted by atomic mass is 32.2. The van der Waals surface area contributed by atoms with Gasteiger partial charge in [0.25, 0.3) is 5.91 Å². The number of nitrogens with zero attached hydrogens (tertiary/aromatic N) is 4. The summed E-state index contributed by atoms with van der Waals surface area (Å²) in [5.74, 6) is 0.829. The van der Waals surface area contributed by atoms with Gasteiger partial charge in [0.15, 0.2) is 16.7 Å². The van der Waals surface area contributed by atoms with E-state index < -0.39 is 6.04 Å². The Balaban J connectivity index is 1.40. The number of thioether (sulfide) groups is 1. The summed E-state index contributed by atoms with van der Waals surface area (Å²) in [7, 11) is 0. The van der Waals surface area contributed by atoms with Crippen LogP contribution in [0.3, 0.4) is 0 Å². The number of carbonyl (C=O) groups excluding carboxylic acids is 2. The molecule has 1 aliphatic rings. The van der Waals surface area contributed by atoms with Gasteiger partial charge in [0, 0.05) is 19.6 Å². The highest BCUT2D eigenvalue weighted by Gasteiger charge is 2.23. The first-order valence-corrected chi connectivity index (χ1v) is 11.4. The Morgan fingerprint density at radius 1 is 1.25 bits per heavy atom. The lowest BCUT2D eigenvalue weighted by atomic mass is 10.00. The summed E-state index contributed by atoms with van der Waals surface area (Å²) in [5.41, 5.74) is 2.51. The summed E-state index contributed by atoms with van der Waals surface area (Å²) < 4.78 is 7.01. The molecule has 4 rings (SSSR count). The molecule has 0 aliphatic carbocycles. The first-order chi connectivity index (χ1) is 15.6. The normalized spacial score (nSPS) is 14.0. The molecule has 0 saturated carbocycles. The zero-order valence-electron chi connectivity index (χ0n) is 17.9. The molecule has 1 aliphatic heterocycles. The number of nitrogens with one attached hydrogen (secondary N) is 1. The van der Waals surface area contributed by atoms with Gasteiger partial charge in [-0.2, -0.15) is 0 Å². The van der Waals surface area contributed by atoms with E-state index in [1.807, 2.05) is 28.5 Å².